The van der Waals surface area contributed by atoms with Gasteiger partial charge in [-0.3, -0.25) is 4.79 Å². The van der Waals surface area contributed by atoms with E-state index in [0.29, 0.717) is 23.6 Å². The van der Waals surface area contributed by atoms with Crippen molar-refractivity contribution in [1.82, 2.24) is 0 Å². The van der Waals surface area contributed by atoms with E-state index < -0.39 is 0 Å². The first-order chi connectivity index (χ1) is 10.1. The lowest BCUT2D eigenvalue weighted by Gasteiger charge is -2.12. The maximum atomic E-state index is 12.3. The van der Waals surface area contributed by atoms with Crippen molar-refractivity contribution >= 4 is 11.6 Å². The number of carbonyl (C=O) groups excluding carboxylic acids is 1. The summed E-state index contributed by atoms with van der Waals surface area (Å²) in [6.07, 6.45) is 0. The van der Waals surface area contributed by atoms with Gasteiger partial charge < -0.3 is 10.1 Å². The van der Waals surface area contributed by atoms with Crippen LogP contribution in [0.1, 0.15) is 22.8 Å². The number of anilines is 1. The number of ether oxygens (including phenoxy) is 1. The van der Waals surface area contributed by atoms with Crippen LogP contribution in [0.3, 0.4) is 0 Å². The molecule has 2 aromatic carbocycles. The first kappa shape index (κ1) is 14.9. The minimum atomic E-state index is -0.148. The third kappa shape index (κ3) is 4.21. The topological polar surface area (TPSA) is 38.3 Å². The third-order valence-electron chi connectivity index (χ3n) is 2.89. The summed E-state index contributed by atoms with van der Waals surface area (Å²) < 4.78 is 5.64. The summed E-state index contributed by atoms with van der Waals surface area (Å²) in [6, 6.07) is 14.9. The number of aryl methyl sites for hydroxylation is 1. The van der Waals surface area contributed by atoms with Crippen LogP contribution in [0.5, 0.6) is 5.75 Å². The van der Waals surface area contributed by atoms with Gasteiger partial charge in [-0.1, -0.05) is 36.4 Å². The van der Waals surface area contributed by atoms with Crippen molar-refractivity contribution in [2.24, 2.45) is 0 Å². The molecule has 1 amide bonds. The van der Waals surface area contributed by atoms with Crippen molar-refractivity contribution in [2.45, 2.75) is 13.8 Å². The van der Waals surface area contributed by atoms with E-state index in [9.17, 15) is 4.79 Å². The van der Waals surface area contributed by atoms with Crippen LogP contribution in [-0.2, 0) is 0 Å². The number of carbonyl (C=O) groups is 1. The summed E-state index contributed by atoms with van der Waals surface area (Å²) in [5.41, 5.74) is 3.26. The van der Waals surface area contributed by atoms with E-state index in [1.807, 2.05) is 56.3 Å². The van der Waals surface area contributed by atoms with Crippen LogP contribution in [0, 0.1) is 6.92 Å². The van der Waals surface area contributed by atoms with Gasteiger partial charge in [0.2, 0.25) is 0 Å². The number of hydrogen-bond acceptors (Lipinski definition) is 2. The van der Waals surface area contributed by atoms with E-state index in [2.05, 4.69) is 11.9 Å². The highest BCUT2D eigenvalue weighted by Gasteiger charge is 2.09. The van der Waals surface area contributed by atoms with Crippen molar-refractivity contribution in [3.63, 3.8) is 0 Å². The largest absolute Gasteiger partial charge is 0.487 e. The maximum Gasteiger partial charge on any atom is 0.255 e. The summed E-state index contributed by atoms with van der Waals surface area (Å²) >= 11 is 0. The number of rotatable bonds is 5. The van der Waals surface area contributed by atoms with E-state index >= 15 is 0 Å². The van der Waals surface area contributed by atoms with Crippen LogP contribution in [0.4, 0.5) is 5.69 Å². The normalized spacial score (nSPS) is 10.0. The standard InChI is InChI=1S/C18H19NO2/c1-13(2)12-21-17-10-5-4-9-16(17)19-18(20)15-8-6-7-14(3)11-15/h4-11H,1,12H2,2-3H3,(H,19,20). The summed E-state index contributed by atoms with van der Waals surface area (Å²) in [5, 5.41) is 2.88. The Morgan fingerprint density at radius 3 is 2.67 bits per heavy atom. The van der Waals surface area contributed by atoms with Gasteiger partial charge in [0.1, 0.15) is 12.4 Å². The molecule has 21 heavy (non-hydrogen) atoms. The molecular weight excluding hydrogens is 262 g/mol. The number of hydrogen-bond donors (Lipinski definition) is 1. The quantitative estimate of drug-likeness (QED) is 0.834. The van der Waals surface area contributed by atoms with E-state index in [-0.39, 0.29) is 5.91 Å². The lowest BCUT2D eigenvalue weighted by molar-refractivity contribution is 0.102. The predicted molar refractivity (Wildman–Crippen MR) is 85.9 cm³/mol. The lowest BCUT2D eigenvalue weighted by Crippen LogP contribution is -2.13. The zero-order chi connectivity index (χ0) is 15.2. The Morgan fingerprint density at radius 1 is 1.19 bits per heavy atom. The van der Waals surface area contributed by atoms with Crippen LogP contribution in [0.2, 0.25) is 0 Å². The number of amides is 1. The van der Waals surface area contributed by atoms with Crippen LogP contribution in [0.15, 0.2) is 60.7 Å². The van der Waals surface area contributed by atoms with Crippen LogP contribution < -0.4 is 10.1 Å². The molecule has 0 aromatic heterocycles. The molecule has 0 fully saturated rings. The second-order valence-electron chi connectivity index (χ2n) is 5.07. The molecule has 3 heteroatoms. The molecule has 0 aliphatic heterocycles. The Kier molecular flexibility index (Phi) is 4.77. The lowest BCUT2D eigenvalue weighted by atomic mass is 10.1. The molecule has 2 aromatic rings. The fourth-order valence-electron chi connectivity index (χ4n) is 1.88. The van der Waals surface area contributed by atoms with Gasteiger partial charge in [-0.25, -0.2) is 0 Å². The Balaban J connectivity index is 2.15. The van der Waals surface area contributed by atoms with E-state index in [0.717, 1.165) is 11.1 Å². The molecule has 0 bridgehead atoms. The minimum absolute atomic E-state index is 0.148. The zero-order valence-corrected chi connectivity index (χ0v) is 12.3. The van der Waals surface area contributed by atoms with E-state index in [1.165, 1.54) is 0 Å². The maximum absolute atomic E-state index is 12.3. The predicted octanol–water partition coefficient (Wildman–Crippen LogP) is 4.20. The zero-order valence-electron chi connectivity index (χ0n) is 12.3. The highest BCUT2D eigenvalue weighted by atomic mass is 16.5. The Labute approximate surface area is 125 Å². The van der Waals surface area contributed by atoms with Gasteiger partial charge in [-0.05, 0) is 43.7 Å². The van der Waals surface area contributed by atoms with Gasteiger partial charge in [0.25, 0.3) is 5.91 Å². The van der Waals surface area contributed by atoms with Gasteiger partial charge >= 0.3 is 0 Å². The molecule has 0 saturated carbocycles. The summed E-state index contributed by atoms with van der Waals surface area (Å²) in [5.74, 6) is 0.492. The van der Waals surface area contributed by atoms with Crippen molar-refractivity contribution < 1.29 is 9.53 Å². The summed E-state index contributed by atoms with van der Waals surface area (Å²) in [4.78, 5) is 12.3. The second kappa shape index (κ2) is 6.75. The van der Waals surface area contributed by atoms with Crippen LogP contribution in [0.25, 0.3) is 0 Å². The van der Waals surface area contributed by atoms with Crippen molar-refractivity contribution in [1.29, 1.82) is 0 Å². The molecule has 0 unspecified atom stereocenters. The molecule has 0 atom stereocenters. The van der Waals surface area contributed by atoms with Crippen LogP contribution >= 0.6 is 0 Å². The van der Waals surface area contributed by atoms with Gasteiger partial charge in [0, 0.05) is 5.56 Å². The molecule has 0 saturated heterocycles. The highest BCUT2D eigenvalue weighted by molar-refractivity contribution is 6.05. The molecule has 0 spiro atoms. The highest BCUT2D eigenvalue weighted by Crippen LogP contribution is 2.24. The van der Waals surface area contributed by atoms with Gasteiger partial charge in [-0.15, -0.1) is 0 Å². The molecule has 0 aliphatic rings. The van der Waals surface area contributed by atoms with E-state index in [4.69, 9.17) is 4.74 Å². The van der Waals surface area contributed by atoms with Crippen molar-refractivity contribution in [2.75, 3.05) is 11.9 Å². The van der Waals surface area contributed by atoms with Crippen molar-refractivity contribution in [3.05, 3.63) is 71.8 Å². The average molecular weight is 281 g/mol. The van der Waals surface area contributed by atoms with Crippen LogP contribution in [-0.4, -0.2) is 12.5 Å². The molecular formula is C18H19NO2. The number of nitrogens with one attached hydrogen (secondary N) is 1. The second-order valence-corrected chi connectivity index (χ2v) is 5.07. The number of benzene rings is 2. The summed E-state index contributed by atoms with van der Waals surface area (Å²) in [6.45, 7) is 8.09. The first-order valence-electron chi connectivity index (χ1n) is 6.80. The smallest absolute Gasteiger partial charge is 0.255 e. The molecule has 1 N–H and O–H groups in total. The number of para-hydroxylation sites is 2. The van der Waals surface area contributed by atoms with Gasteiger partial charge in [0.05, 0.1) is 5.69 Å². The Bertz CT molecular complexity index is 662. The molecule has 108 valence electrons. The Morgan fingerprint density at radius 2 is 1.95 bits per heavy atom. The minimum Gasteiger partial charge on any atom is -0.487 e. The summed E-state index contributed by atoms with van der Waals surface area (Å²) in [7, 11) is 0. The molecule has 3 nitrogen and oxygen atoms in total. The van der Waals surface area contributed by atoms with E-state index in [1.54, 1.807) is 6.07 Å². The SMILES string of the molecule is C=C(C)COc1ccccc1NC(=O)c1cccc(C)c1. The first-order valence-corrected chi connectivity index (χ1v) is 6.80. The average Bonchev–Trinajstić information content (AvgIpc) is 2.46. The fraction of sp³-hybridized carbons (Fsp3) is 0.167. The molecule has 2 rings (SSSR count). The van der Waals surface area contributed by atoms with Gasteiger partial charge in [-0.2, -0.15) is 0 Å². The molecule has 0 aliphatic carbocycles. The fourth-order valence-corrected chi connectivity index (χ4v) is 1.88. The van der Waals surface area contributed by atoms with Crippen molar-refractivity contribution in [3.8, 4) is 5.75 Å². The monoisotopic (exact) mass is 281 g/mol. The molecule has 0 radical (unpaired) electrons. The third-order valence-corrected chi connectivity index (χ3v) is 2.89. The van der Waals surface area contributed by atoms with Gasteiger partial charge in [0.15, 0.2) is 0 Å². The Hall–Kier alpha value is -2.55. The molecule has 0 heterocycles.